The Morgan fingerprint density at radius 2 is 2.24 bits per heavy atom. The van der Waals surface area contributed by atoms with Crippen molar-refractivity contribution in [3.63, 3.8) is 0 Å². The Balaban J connectivity index is 2.18. The topological polar surface area (TPSA) is 72.8 Å². The molecule has 0 radical (unpaired) electrons. The summed E-state index contributed by atoms with van der Waals surface area (Å²) in [6, 6.07) is 9.19. The lowest BCUT2D eigenvalue weighted by Crippen LogP contribution is -2.40. The maximum atomic E-state index is 12.0. The van der Waals surface area contributed by atoms with Gasteiger partial charge in [-0.2, -0.15) is 5.26 Å². The Morgan fingerprint density at radius 3 is 2.95 bits per heavy atom. The van der Waals surface area contributed by atoms with Crippen LogP contribution in [0.2, 0.25) is 0 Å². The monoisotopic (exact) mass is 281 g/mol. The van der Waals surface area contributed by atoms with Gasteiger partial charge in [0.2, 0.25) is 0 Å². The Kier molecular flexibility index (Phi) is 3.02. The van der Waals surface area contributed by atoms with Gasteiger partial charge in [0.15, 0.2) is 0 Å². The highest BCUT2D eigenvalue weighted by molar-refractivity contribution is 5.47. The molecule has 1 aromatic carbocycles. The summed E-state index contributed by atoms with van der Waals surface area (Å²) in [5, 5.41) is 21.1. The van der Waals surface area contributed by atoms with Crippen LogP contribution in [-0.2, 0) is 0 Å². The molecule has 3 rings (SSSR count). The molecule has 0 bridgehead atoms. The molecular formula is C16H15N3O2. The van der Waals surface area contributed by atoms with Gasteiger partial charge in [0.1, 0.15) is 23.2 Å². The standard InChI is InChI=1S/C16H15N3O2/c1-16(2)8-13(14-5-6-18-10-19(14)20)12-7-11(9-17)3-4-15(12)21-16/h3-7,10,13H,8H2,1-2H3. The fraction of sp³-hybridized carbons (Fsp3) is 0.312. The van der Waals surface area contributed by atoms with E-state index in [1.54, 1.807) is 30.5 Å². The zero-order chi connectivity index (χ0) is 15.0. The van der Waals surface area contributed by atoms with Crippen LogP contribution in [0.4, 0.5) is 0 Å². The molecule has 0 amide bonds. The van der Waals surface area contributed by atoms with Crippen molar-refractivity contribution in [1.29, 1.82) is 5.26 Å². The van der Waals surface area contributed by atoms with Gasteiger partial charge in [-0.3, -0.25) is 0 Å². The van der Waals surface area contributed by atoms with Crippen LogP contribution >= 0.6 is 0 Å². The van der Waals surface area contributed by atoms with Gasteiger partial charge in [0.05, 0.1) is 17.6 Å². The van der Waals surface area contributed by atoms with Gasteiger partial charge in [0.25, 0.3) is 6.33 Å². The van der Waals surface area contributed by atoms with Crippen molar-refractivity contribution in [3.8, 4) is 11.8 Å². The highest BCUT2D eigenvalue weighted by atomic mass is 16.5. The fourth-order valence-corrected chi connectivity index (χ4v) is 2.82. The fourth-order valence-electron chi connectivity index (χ4n) is 2.82. The lowest BCUT2D eigenvalue weighted by atomic mass is 9.82. The average Bonchev–Trinajstić information content (AvgIpc) is 2.46. The number of ether oxygens (including phenoxy) is 1. The first kappa shape index (κ1) is 13.4. The summed E-state index contributed by atoms with van der Waals surface area (Å²) in [5.41, 5.74) is 1.69. The number of nitrogens with zero attached hydrogens (tertiary/aromatic N) is 3. The van der Waals surface area contributed by atoms with Crippen molar-refractivity contribution in [2.24, 2.45) is 0 Å². The molecule has 0 aliphatic carbocycles. The molecule has 1 atom stereocenters. The number of hydrogen-bond acceptors (Lipinski definition) is 4. The van der Waals surface area contributed by atoms with Crippen molar-refractivity contribution >= 4 is 0 Å². The molecule has 106 valence electrons. The molecule has 21 heavy (non-hydrogen) atoms. The van der Waals surface area contributed by atoms with E-state index in [1.165, 1.54) is 6.33 Å². The first-order valence-electron chi connectivity index (χ1n) is 6.76. The number of rotatable bonds is 1. The number of nitriles is 1. The Morgan fingerprint density at radius 1 is 1.43 bits per heavy atom. The zero-order valence-corrected chi connectivity index (χ0v) is 11.9. The summed E-state index contributed by atoms with van der Waals surface area (Å²) < 4.78 is 6.76. The van der Waals surface area contributed by atoms with Crippen molar-refractivity contribution in [2.75, 3.05) is 0 Å². The minimum absolute atomic E-state index is 0.113. The van der Waals surface area contributed by atoms with E-state index in [0.29, 0.717) is 17.7 Å². The van der Waals surface area contributed by atoms with Crippen molar-refractivity contribution < 1.29 is 9.47 Å². The maximum absolute atomic E-state index is 12.0. The van der Waals surface area contributed by atoms with E-state index in [0.717, 1.165) is 16.0 Å². The Labute approximate surface area is 123 Å². The Bertz CT molecular complexity index is 735. The molecule has 5 heteroatoms. The molecule has 1 unspecified atom stereocenters. The lowest BCUT2D eigenvalue weighted by molar-refractivity contribution is -0.618. The van der Waals surface area contributed by atoms with E-state index >= 15 is 0 Å². The summed E-state index contributed by atoms with van der Waals surface area (Å²) in [6.45, 7) is 3.99. The maximum Gasteiger partial charge on any atom is 0.289 e. The van der Waals surface area contributed by atoms with Crippen LogP contribution in [0.25, 0.3) is 0 Å². The quantitative estimate of drug-likeness (QED) is 0.593. The van der Waals surface area contributed by atoms with Gasteiger partial charge in [-0.05, 0) is 32.0 Å². The van der Waals surface area contributed by atoms with Crippen molar-refractivity contribution in [2.45, 2.75) is 31.8 Å². The van der Waals surface area contributed by atoms with Gasteiger partial charge < -0.3 is 9.94 Å². The van der Waals surface area contributed by atoms with E-state index in [4.69, 9.17) is 10.00 Å². The normalized spacial score (nSPS) is 19.2. The van der Waals surface area contributed by atoms with Crippen LogP contribution in [0.15, 0.2) is 36.8 Å². The molecule has 2 heterocycles. The van der Waals surface area contributed by atoms with E-state index in [1.807, 2.05) is 13.8 Å². The van der Waals surface area contributed by atoms with Gasteiger partial charge in [0, 0.05) is 18.1 Å². The van der Waals surface area contributed by atoms with Crippen molar-refractivity contribution in [3.05, 3.63) is 58.8 Å². The average molecular weight is 281 g/mol. The van der Waals surface area contributed by atoms with Gasteiger partial charge in [-0.15, -0.1) is 0 Å². The summed E-state index contributed by atoms with van der Waals surface area (Å²) in [7, 11) is 0. The molecule has 0 N–H and O–H groups in total. The van der Waals surface area contributed by atoms with Crippen LogP contribution in [0, 0.1) is 16.5 Å². The van der Waals surface area contributed by atoms with Crippen molar-refractivity contribution in [1.82, 2.24) is 4.98 Å². The summed E-state index contributed by atoms with van der Waals surface area (Å²) in [5.74, 6) is 0.615. The first-order valence-corrected chi connectivity index (χ1v) is 6.76. The van der Waals surface area contributed by atoms with Crippen LogP contribution in [0.1, 0.15) is 43.0 Å². The molecule has 1 aromatic heterocycles. The second kappa shape index (κ2) is 4.74. The highest BCUT2D eigenvalue weighted by Gasteiger charge is 2.36. The number of fused-ring (bicyclic) bond motifs is 1. The number of hydrogen-bond donors (Lipinski definition) is 0. The summed E-state index contributed by atoms with van der Waals surface area (Å²) in [6.07, 6.45) is 3.53. The molecule has 0 spiro atoms. The smallest absolute Gasteiger partial charge is 0.289 e. The zero-order valence-electron chi connectivity index (χ0n) is 11.9. The minimum atomic E-state index is -0.373. The van der Waals surface area contributed by atoms with Crippen LogP contribution in [-0.4, -0.2) is 10.6 Å². The molecule has 0 saturated heterocycles. The summed E-state index contributed by atoms with van der Waals surface area (Å²) >= 11 is 0. The first-order chi connectivity index (χ1) is 10.00. The molecular weight excluding hydrogens is 266 g/mol. The van der Waals surface area contributed by atoms with Crippen LogP contribution in [0.3, 0.4) is 0 Å². The predicted octanol–water partition coefficient (Wildman–Crippen LogP) is 2.28. The number of benzene rings is 1. The van der Waals surface area contributed by atoms with Crippen LogP contribution in [0.5, 0.6) is 5.75 Å². The second-order valence-electron chi connectivity index (χ2n) is 5.81. The lowest BCUT2D eigenvalue weighted by Gasteiger charge is -2.37. The third kappa shape index (κ3) is 2.40. The third-order valence-electron chi connectivity index (χ3n) is 3.71. The Hall–Kier alpha value is -2.61. The third-order valence-corrected chi connectivity index (χ3v) is 3.71. The molecule has 0 saturated carbocycles. The molecule has 2 aromatic rings. The minimum Gasteiger partial charge on any atom is -0.711 e. The van der Waals surface area contributed by atoms with Gasteiger partial charge in [-0.25, -0.2) is 4.73 Å². The SMILES string of the molecule is CC1(C)CC(c2ccnc[n+]2[O-])c2cc(C#N)ccc2O1. The van der Waals surface area contributed by atoms with E-state index < -0.39 is 0 Å². The molecule has 0 fully saturated rings. The second-order valence-corrected chi connectivity index (χ2v) is 5.81. The molecule has 1 aliphatic rings. The van der Waals surface area contributed by atoms with E-state index in [-0.39, 0.29) is 11.5 Å². The summed E-state index contributed by atoms with van der Waals surface area (Å²) in [4.78, 5) is 3.83. The van der Waals surface area contributed by atoms with Crippen LogP contribution < -0.4 is 9.47 Å². The van der Waals surface area contributed by atoms with E-state index in [2.05, 4.69) is 11.1 Å². The van der Waals surface area contributed by atoms with E-state index in [9.17, 15) is 5.21 Å². The van der Waals surface area contributed by atoms with Gasteiger partial charge >= 0.3 is 0 Å². The van der Waals surface area contributed by atoms with Gasteiger partial charge in [-0.1, -0.05) is 4.98 Å². The predicted molar refractivity (Wildman–Crippen MR) is 75.5 cm³/mol. The highest BCUT2D eigenvalue weighted by Crippen LogP contribution is 2.43. The largest absolute Gasteiger partial charge is 0.711 e. The molecule has 1 aliphatic heterocycles. The molecule has 5 nitrogen and oxygen atoms in total. The number of aromatic nitrogens is 2.